The predicted octanol–water partition coefficient (Wildman–Crippen LogP) is 1.35. The first-order valence-corrected chi connectivity index (χ1v) is 12.1. The van der Waals surface area contributed by atoms with Gasteiger partial charge in [-0.3, -0.25) is 14.6 Å². The minimum absolute atomic E-state index is 0.0562. The lowest BCUT2D eigenvalue weighted by atomic mass is 10.00. The summed E-state index contributed by atoms with van der Waals surface area (Å²) in [4.78, 5) is 19.7. The van der Waals surface area contributed by atoms with E-state index in [1.165, 1.54) is 16.7 Å². The number of piperazine rings is 1. The van der Waals surface area contributed by atoms with Gasteiger partial charge in [0.15, 0.2) is 0 Å². The highest BCUT2D eigenvalue weighted by molar-refractivity contribution is 5.97. The fourth-order valence-electron chi connectivity index (χ4n) is 5.12. The van der Waals surface area contributed by atoms with Gasteiger partial charge in [0.05, 0.1) is 18.2 Å². The van der Waals surface area contributed by atoms with E-state index in [2.05, 4.69) is 39.4 Å². The number of amides is 1. The second-order valence-electron chi connectivity index (χ2n) is 9.36. The number of ether oxygens (including phenoxy) is 1. The van der Waals surface area contributed by atoms with Crippen LogP contribution in [0.4, 0.5) is 0 Å². The molecule has 0 saturated carbocycles. The number of carbonyl (C=O) groups excluding carboxylic acids is 1. The number of aliphatic hydroxyl groups excluding tert-OH is 1. The summed E-state index contributed by atoms with van der Waals surface area (Å²) >= 11 is 0. The van der Waals surface area contributed by atoms with Crippen molar-refractivity contribution in [3.05, 3.63) is 64.7 Å². The largest absolute Gasteiger partial charge is 0.491 e. The number of benzene rings is 2. The van der Waals surface area contributed by atoms with Crippen LogP contribution >= 0.6 is 0 Å². The van der Waals surface area contributed by atoms with E-state index < -0.39 is 6.10 Å². The average molecular weight is 451 g/mol. The molecule has 176 valence electrons. The molecule has 5 rings (SSSR count). The highest BCUT2D eigenvalue weighted by Gasteiger charge is 2.27. The van der Waals surface area contributed by atoms with Crippen LogP contribution in [0.5, 0.6) is 5.75 Å². The molecule has 0 aromatic heterocycles. The Hall–Kier alpha value is -2.45. The number of hydrogen-bond acceptors (Lipinski definition) is 6. The van der Waals surface area contributed by atoms with Gasteiger partial charge in [0.1, 0.15) is 12.4 Å². The van der Waals surface area contributed by atoms with Crippen molar-refractivity contribution in [2.24, 2.45) is 0 Å². The molecule has 0 radical (unpaired) electrons. The van der Waals surface area contributed by atoms with E-state index in [1.54, 1.807) is 4.90 Å². The molecule has 2 N–H and O–H groups in total. The number of nitrogens with one attached hydrogen (secondary N) is 1. The van der Waals surface area contributed by atoms with Crippen molar-refractivity contribution < 1.29 is 14.6 Å². The molecule has 3 aliphatic heterocycles. The van der Waals surface area contributed by atoms with E-state index in [1.807, 2.05) is 18.2 Å². The molecule has 7 heteroatoms. The smallest absolute Gasteiger partial charge is 0.257 e. The minimum atomic E-state index is -0.590. The topological polar surface area (TPSA) is 68.3 Å². The van der Waals surface area contributed by atoms with Gasteiger partial charge in [-0.1, -0.05) is 30.3 Å². The summed E-state index contributed by atoms with van der Waals surface area (Å²) in [5.41, 5.74) is 4.50. The number of hydrogen-bond donors (Lipinski definition) is 2. The first-order valence-electron chi connectivity index (χ1n) is 12.1. The van der Waals surface area contributed by atoms with E-state index >= 15 is 0 Å². The van der Waals surface area contributed by atoms with Crippen molar-refractivity contribution in [2.45, 2.75) is 25.6 Å². The van der Waals surface area contributed by atoms with E-state index in [4.69, 9.17) is 4.74 Å². The van der Waals surface area contributed by atoms with Crippen molar-refractivity contribution in [3.63, 3.8) is 0 Å². The molecule has 0 bridgehead atoms. The van der Waals surface area contributed by atoms with Gasteiger partial charge >= 0.3 is 0 Å². The van der Waals surface area contributed by atoms with Crippen LogP contribution in [-0.2, 0) is 19.5 Å². The Morgan fingerprint density at radius 2 is 1.79 bits per heavy atom. The summed E-state index contributed by atoms with van der Waals surface area (Å²) in [5, 5.41) is 14.2. The van der Waals surface area contributed by atoms with Gasteiger partial charge in [-0.25, -0.2) is 0 Å². The average Bonchev–Trinajstić information content (AvgIpc) is 2.98. The Balaban J connectivity index is 1.19. The fourth-order valence-corrected chi connectivity index (χ4v) is 5.12. The van der Waals surface area contributed by atoms with E-state index in [0.29, 0.717) is 37.6 Å². The molecule has 2 aromatic rings. The molecule has 1 fully saturated rings. The molecule has 33 heavy (non-hydrogen) atoms. The molecule has 2 aromatic carbocycles. The Bertz CT molecular complexity index is 976. The van der Waals surface area contributed by atoms with Crippen molar-refractivity contribution in [2.75, 3.05) is 59.0 Å². The predicted molar refractivity (Wildman–Crippen MR) is 127 cm³/mol. The lowest BCUT2D eigenvalue weighted by Crippen LogP contribution is -2.44. The van der Waals surface area contributed by atoms with Gasteiger partial charge in [0.2, 0.25) is 0 Å². The molecule has 1 atom stereocenters. The zero-order chi connectivity index (χ0) is 22.6. The molecule has 3 heterocycles. The summed E-state index contributed by atoms with van der Waals surface area (Å²) in [6.45, 7) is 8.57. The van der Waals surface area contributed by atoms with Crippen LogP contribution in [0.3, 0.4) is 0 Å². The third kappa shape index (κ3) is 5.38. The Morgan fingerprint density at radius 1 is 0.970 bits per heavy atom. The fraction of sp³-hybridized carbons (Fsp3) is 0.500. The molecular weight excluding hydrogens is 416 g/mol. The highest BCUT2D eigenvalue weighted by atomic mass is 16.5. The maximum atomic E-state index is 13.2. The Labute approximate surface area is 195 Å². The van der Waals surface area contributed by atoms with E-state index in [0.717, 1.165) is 52.2 Å². The molecular formula is C26H34N4O3. The van der Waals surface area contributed by atoms with E-state index in [-0.39, 0.29) is 5.91 Å². The second kappa shape index (κ2) is 10.2. The molecule has 3 aliphatic rings. The van der Waals surface area contributed by atoms with Crippen LogP contribution in [0.2, 0.25) is 0 Å². The number of nitrogens with zero attached hydrogens (tertiary/aromatic N) is 3. The van der Waals surface area contributed by atoms with Gasteiger partial charge in [-0.05, 0) is 35.2 Å². The normalized spacial score (nSPS) is 20.5. The van der Waals surface area contributed by atoms with Gasteiger partial charge in [-0.15, -0.1) is 0 Å². The first-order chi connectivity index (χ1) is 16.2. The molecule has 0 spiro atoms. The number of fused-ring (bicyclic) bond motifs is 2. The van der Waals surface area contributed by atoms with Gasteiger partial charge in [-0.2, -0.15) is 0 Å². The lowest BCUT2D eigenvalue weighted by Gasteiger charge is -2.32. The zero-order valence-corrected chi connectivity index (χ0v) is 19.2. The summed E-state index contributed by atoms with van der Waals surface area (Å²) in [7, 11) is 0. The quantitative estimate of drug-likeness (QED) is 0.693. The monoisotopic (exact) mass is 450 g/mol. The minimum Gasteiger partial charge on any atom is -0.491 e. The highest BCUT2D eigenvalue weighted by Crippen LogP contribution is 2.26. The van der Waals surface area contributed by atoms with Crippen LogP contribution in [-0.4, -0.2) is 90.8 Å². The van der Waals surface area contributed by atoms with E-state index in [9.17, 15) is 9.90 Å². The summed E-state index contributed by atoms with van der Waals surface area (Å²) in [6.07, 6.45) is 0.413. The Morgan fingerprint density at radius 3 is 2.64 bits per heavy atom. The lowest BCUT2D eigenvalue weighted by molar-refractivity contribution is 0.0501. The standard InChI is InChI=1S/C26H34N4O3/c31-23(18-29-10-7-21-3-1-2-4-22(21)17-29)19-30-13-14-33-25-15-20(5-6-24(25)26(30)32)16-28-11-8-27-9-12-28/h1-6,15,23,27,31H,7-14,16-19H2/t23-/m1/s1. The van der Waals surface area contributed by atoms with Crippen molar-refractivity contribution in [1.29, 1.82) is 0 Å². The first kappa shape index (κ1) is 22.3. The van der Waals surface area contributed by atoms with Gasteiger partial charge in [0.25, 0.3) is 5.91 Å². The van der Waals surface area contributed by atoms with Crippen LogP contribution < -0.4 is 10.1 Å². The van der Waals surface area contributed by atoms with Crippen LogP contribution in [0, 0.1) is 0 Å². The summed E-state index contributed by atoms with van der Waals surface area (Å²) < 4.78 is 5.96. The van der Waals surface area contributed by atoms with Crippen LogP contribution in [0.1, 0.15) is 27.0 Å². The SMILES string of the molecule is O=C1c2ccc(CN3CCNCC3)cc2OCCN1C[C@H](O)CN1CCc2ccccc2C1. The molecule has 0 aliphatic carbocycles. The molecule has 0 unspecified atom stereocenters. The number of carbonyl (C=O) groups is 1. The molecule has 7 nitrogen and oxygen atoms in total. The van der Waals surface area contributed by atoms with Crippen LogP contribution in [0.15, 0.2) is 42.5 Å². The van der Waals surface area contributed by atoms with Crippen LogP contribution in [0.25, 0.3) is 0 Å². The maximum Gasteiger partial charge on any atom is 0.257 e. The molecule has 1 saturated heterocycles. The second-order valence-corrected chi connectivity index (χ2v) is 9.36. The Kier molecular flexibility index (Phi) is 6.92. The van der Waals surface area contributed by atoms with Crippen molar-refractivity contribution in [3.8, 4) is 5.75 Å². The van der Waals surface area contributed by atoms with Crippen molar-refractivity contribution >= 4 is 5.91 Å². The van der Waals surface area contributed by atoms with Gasteiger partial charge < -0.3 is 20.1 Å². The number of β-amino-alcohol motifs (C(OH)–C–C–N with tert-alkyl or cyclic N) is 1. The zero-order valence-electron chi connectivity index (χ0n) is 19.2. The number of aliphatic hydroxyl groups is 1. The third-order valence-corrected chi connectivity index (χ3v) is 6.91. The third-order valence-electron chi connectivity index (χ3n) is 6.91. The number of rotatable bonds is 6. The van der Waals surface area contributed by atoms with Crippen molar-refractivity contribution in [1.82, 2.24) is 20.0 Å². The van der Waals surface area contributed by atoms with Gasteiger partial charge in [0, 0.05) is 58.9 Å². The summed E-state index contributed by atoms with van der Waals surface area (Å²) in [6, 6.07) is 14.4. The molecule has 1 amide bonds. The maximum absolute atomic E-state index is 13.2. The summed E-state index contributed by atoms with van der Waals surface area (Å²) in [5.74, 6) is 0.608.